The average Bonchev–Trinajstić information content (AvgIpc) is 2.35. The fraction of sp³-hybridized carbons (Fsp3) is 0. The van der Waals surface area contributed by atoms with Gasteiger partial charge in [-0.3, -0.25) is 14.9 Å². The van der Waals surface area contributed by atoms with Crippen LogP contribution in [0.25, 0.3) is 11.1 Å². The fourth-order valence-electron chi connectivity index (χ4n) is 1.53. The van der Waals surface area contributed by atoms with Crippen molar-refractivity contribution in [3.63, 3.8) is 0 Å². The lowest BCUT2D eigenvalue weighted by Gasteiger charge is -2.05. The zero-order valence-electron chi connectivity index (χ0n) is 9.12. The van der Waals surface area contributed by atoms with Crippen LogP contribution in [0.5, 0.6) is 0 Å². The summed E-state index contributed by atoms with van der Waals surface area (Å²) in [6.45, 7) is 0. The number of nitrogens with zero attached hydrogens (tertiary/aromatic N) is 1. The van der Waals surface area contributed by atoms with Crippen LogP contribution in [0.3, 0.4) is 0 Å². The van der Waals surface area contributed by atoms with Crippen LogP contribution < -0.4 is 5.43 Å². The molecule has 8 heteroatoms. The largest absolute Gasteiger partial charge is 0.361 e. The van der Waals surface area contributed by atoms with E-state index in [2.05, 4.69) is 4.98 Å². The number of hydrogen-bond acceptors (Lipinski definition) is 3. The van der Waals surface area contributed by atoms with Gasteiger partial charge in [0.25, 0.3) is 5.43 Å². The zero-order valence-corrected chi connectivity index (χ0v) is 11.4. The first-order valence-corrected chi connectivity index (χ1v) is 6.05. The van der Waals surface area contributed by atoms with Gasteiger partial charge in [-0.2, -0.15) is 0 Å². The van der Waals surface area contributed by atoms with Gasteiger partial charge in [-0.15, -0.1) is 0 Å². The molecule has 2 aromatic rings. The summed E-state index contributed by atoms with van der Waals surface area (Å²) in [5.41, 5.74) is -0.836. The third kappa shape index (κ3) is 2.58. The van der Waals surface area contributed by atoms with Crippen molar-refractivity contribution in [3.05, 3.63) is 59.9 Å². The molecule has 0 amide bonds. The first kappa shape index (κ1) is 13.9. The van der Waals surface area contributed by atoms with E-state index in [0.29, 0.717) is 5.56 Å². The molecule has 0 fully saturated rings. The lowest BCUT2D eigenvalue weighted by molar-refractivity contribution is -0.386. The number of aromatic nitrogens is 1. The summed E-state index contributed by atoms with van der Waals surface area (Å²) in [7, 11) is 0. The number of nitrogens with one attached hydrogen (secondary N) is 1. The van der Waals surface area contributed by atoms with Crippen molar-refractivity contribution >= 4 is 40.5 Å². The monoisotopic (exact) mass is 318 g/mol. The Hall–Kier alpha value is -1.56. The molecule has 0 aliphatic heterocycles. The number of nitro groups is 1. The summed E-state index contributed by atoms with van der Waals surface area (Å²) in [6.07, 6.45) is 2.36. The highest BCUT2D eigenvalue weighted by molar-refractivity contribution is 6.48. The molecule has 19 heavy (non-hydrogen) atoms. The fourth-order valence-corrected chi connectivity index (χ4v) is 2.13. The Morgan fingerprint density at radius 2 is 1.68 bits per heavy atom. The van der Waals surface area contributed by atoms with E-state index in [-0.39, 0.29) is 20.6 Å². The van der Waals surface area contributed by atoms with E-state index in [1.54, 1.807) is 0 Å². The third-order valence-electron chi connectivity index (χ3n) is 2.42. The Labute approximate surface area is 121 Å². The first-order chi connectivity index (χ1) is 8.91. The molecule has 0 unspecified atom stereocenters. The molecule has 1 aromatic heterocycles. The number of H-pyrrole nitrogens is 1. The lowest BCUT2D eigenvalue weighted by Crippen LogP contribution is -2.10. The van der Waals surface area contributed by atoms with Gasteiger partial charge in [-0.1, -0.05) is 34.8 Å². The maximum absolute atomic E-state index is 11.9. The Bertz CT molecular complexity index is 704. The minimum Gasteiger partial charge on any atom is -0.361 e. The second-order valence-electron chi connectivity index (χ2n) is 3.59. The van der Waals surface area contributed by atoms with E-state index < -0.39 is 16.0 Å². The third-order valence-corrected chi connectivity index (χ3v) is 3.61. The van der Waals surface area contributed by atoms with E-state index in [1.165, 1.54) is 18.3 Å². The molecule has 5 nitrogen and oxygen atoms in total. The van der Waals surface area contributed by atoms with Gasteiger partial charge in [0.1, 0.15) is 0 Å². The maximum atomic E-state index is 11.9. The van der Waals surface area contributed by atoms with E-state index in [1.807, 2.05) is 0 Å². The number of hydrogen-bond donors (Lipinski definition) is 1. The quantitative estimate of drug-likeness (QED) is 0.518. The molecule has 0 atom stereocenters. The molecule has 1 aromatic carbocycles. The molecule has 0 saturated carbocycles. The predicted octanol–water partition coefficient (Wildman–Crippen LogP) is 3.91. The Balaban J connectivity index is 2.70. The lowest BCUT2D eigenvalue weighted by atomic mass is 10.1. The van der Waals surface area contributed by atoms with Gasteiger partial charge in [0, 0.05) is 6.20 Å². The van der Waals surface area contributed by atoms with Crippen molar-refractivity contribution in [2.75, 3.05) is 0 Å². The van der Waals surface area contributed by atoms with Gasteiger partial charge in [-0.25, -0.2) is 0 Å². The number of halogens is 3. The highest BCUT2D eigenvalue weighted by Crippen LogP contribution is 2.34. The normalized spacial score (nSPS) is 10.5. The number of aromatic amines is 1. The molecule has 1 heterocycles. The average molecular weight is 320 g/mol. The molecule has 1 N–H and O–H groups in total. The summed E-state index contributed by atoms with van der Waals surface area (Å²) in [4.78, 5) is 24.4. The SMILES string of the molecule is O=c1c(-c2cc(Cl)c(Cl)c(Cl)c2)c[nH]cc1[N+](=O)[O-]. The standard InChI is InChI=1S/C11H5Cl3N2O3/c12-7-1-5(2-8(13)10(7)14)6-3-15-4-9(11(6)17)16(18)19/h1-4H,(H,15,17). The molecule has 0 spiro atoms. The summed E-state index contributed by atoms with van der Waals surface area (Å²) < 4.78 is 0. The zero-order chi connectivity index (χ0) is 14.2. The number of pyridine rings is 1. The Morgan fingerprint density at radius 1 is 1.11 bits per heavy atom. The first-order valence-electron chi connectivity index (χ1n) is 4.92. The minimum absolute atomic E-state index is 0.0923. The van der Waals surface area contributed by atoms with Crippen molar-refractivity contribution in [1.29, 1.82) is 0 Å². The van der Waals surface area contributed by atoms with Gasteiger partial charge >= 0.3 is 5.69 Å². The van der Waals surface area contributed by atoms with Crippen LogP contribution in [0, 0.1) is 10.1 Å². The molecular weight excluding hydrogens is 314 g/mol. The van der Waals surface area contributed by atoms with Crippen molar-refractivity contribution < 1.29 is 4.92 Å². The highest BCUT2D eigenvalue weighted by atomic mass is 35.5. The van der Waals surface area contributed by atoms with Crippen LogP contribution in [0.15, 0.2) is 29.3 Å². The van der Waals surface area contributed by atoms with E-state index in [0.717, 1.165) is 6.20 Å². The minimum atomic E-state index is -0.762. The van der Waals surface area contributed by atoms with Crippen LogP contribution >= 0.6 is 34.8 Å². The van der Waals surface area contributed by atoms with Gasteiger partial charge < -0.3 is 4.98 Å². The van der Waals surface area contributed by atoms with E-state index in [4.69, 9.17) is 34.8 Å². The van der Waals surface area contributed by atoms with Crippen LogP contribution in [0.1, 0.15) is 0 Å². The van der Waals surface area contributed by atoms with Crippen LogP contribution in [0.2, 0.25) is 15.1 Å². The van der Waals surface area contributed by atoms with Crippen molar-refractivity contribution in [2.45, 2.75) is 0 Å². The van der Waals surface area contributed by atoms with Gasteiger partial charge in [0.15, 0.2) is 0 Å². The summed E-state index contributed by atoms with van der Waals surface area (Å²) in [5.74, 6) is 0. The summed E-state index contributed by atoms with van der Waals surface area (Å²) in [5, 5.41) is 11.2. The number of rotatable bonds is 2. The molecular formula is C11H5Cl3N2O3. The van der Waals surface area contributed by atoms with Gasteiger partial charge in [0.2, 0.25) is 0 Å². The van der Waals surface area contributed by atoms with Gasteiger partial charge in [0.05, 0.1) is 31.8 Å². The van der Waals surface area contributed by atoms with Crippen molar-refractivity contribution in [1.82, 2.24) is 4.98 Å². The molecule has 0 aliphatic rings. The van der Waals surface area contributed by atoms with Crippen LogP contribution in [-0.2, 0) is 0 Å². The van der Waals surface area contributed by atoms with Crippen LogP contribution in [-0.4, -0.2) is 9.91 Å². The second-order valence-corrected chi connectivity index (χ2v) is 4.79. The number of benzene rings is 1. The molecule has 2 rings (SSSR count). The Morgan fingerprint density at radius 3 is 2.21 bits per heavy atom. The topological polar surface area (TPSA) is 76.0 Å². The molecule has 0 aliphatic carbocycles. The van der Waals surface area contributed by atoms with E-state index >= 15 is 0 Å². The van der Waals surface area contributed by atoms with E-state index in [9.17, 15) is 14.9 Å². The maximum Gasteiger partial charge on any atom is 0.332 e. The van der Waals surface area contributed by atoms with Gasteiger partial charge in [-0.05, 0) is 17.7 Å². The van der Waals surface area contributed by atoms with Crippen molar-refractivity contribution in [3.8, 4) is 11.1 Å². The summed E-state index contributed by atoms with van der Waals surface area (Å²) >= 11 is 17.5. The smallest absolute Gasteiger partial charge is 0.332 e. The summed E-state index contributed by atoms with van der Waals surface area (Å²) in [6, 6.07) is 2.84. The van der Waals surface area contributed by atoms with Crippen LogP contribution in [0.4, 0.5) is 5.69 Å². The highest BCUT2D eigenvalue weighted by Gasteiger charge is 2.17. The molecule has 0 radical (unpaired) electrons. The predicted molar refractivity (Wildman–Crippen MR) is 74.2 cm³/mol. The molecule has 0 bridgehead atoms. The molecule has 98 valence electrons. The second kappa shape index (κ2) is 5.21. The van der Waals surface area contributed by atoms with Crippen molar-refractivity contribution in [2.24, 2.45) is 0 Å². The Kier molecular flexibility index (Phi) is 3.80. The molecule has 0 saturated heterocycles.